The summed E-state index contributed by atoms with van der Waals surface area (Å²) < 4.78 is 0.457. The molecule has 0 bridgehead atoms. The number of rotatable bonds is 1. The van der Waals surface area contributed by atoms with Crippen molar-refractivity contribution < 1.29 is 4.79 Å². The van der Waals surface area contributed by atoms with Crippen molar-refractivity contribution in [2.45, 2.75) is 0 Å². The molecule has 1 amide bonds. The van der Waals surface area contributed by atoms with Gasteiger partial charge in [-0.1, -0.05) is 23.8 Å². The van der Waals surface area contributed by atoms with Gasteiger partial charge >= 0.3 is 0 Å². The second-order valence-electron chi connectivity index (χ2n) is 3.61. The fourth-order valence-electron chi connectivity index (χ4n) is 1.63. The second kappa shape index (κ2) is 4.95. The van der Waals surface area contributed by atoms with Crippen molar-refractivity contribution in [1.29, 1.82) is 0 Å². The summed E-state index contributed by atoms with van der Waals surface area (Å²) in [4.78, 5) is 16.7. The van der Waals surface area contributed by atoms with Crippen LogP contribution in [0.15, 0.2) is 12.3 Å². The predicted octanol–water partition coefficient (Wildman–Crippen LogP) is 1.44. The Labute approximate surface area is 104 Å². The van der Waals surface area contributed by atoms with E-state index in [-0.39, 0.29) is 5.91 Å². The highest BCUT2D eigenvalue weighted by molar-refractivity contribution is 7.71. The molecule has 1 fully saturated rings. The molecule has 0 aromatic carbocycles. The van der Waals surface area contributed by atoms with Crippen molar-refractivity contribution in [3.8, 4) is 0 Å². The number of piperazine rings is 1. The third-order valence-corrected chi connectivity index (χ3v) is 3.26. The quantitative estimate of drug-likeness (QED) is 0.749. The van der Waals surface area contributed by atoms with Gasteiger partial charge < -0.3 is 15.2 Å². The number of aromatic amines is 1. The first-order valence-electron chi connectivity index (χ1n) is 5.07. The van der Waals surface area contributed by atoms with Crippen LogP contribution in [-0.4, -0.2) is 42.0 Å². The van der Waals surface area contributed by atoms with Gasteiger partial charge in [-0.15, -0.1) is 0 Å². The van der Waals surface area contributed by atoms with Gasteiger partial charge in [0.25, 0.3) is 5.91 Å². The zero-order valence-corrected chi connectivity index (χ0v) is 10.2. The average molecular weight is 258 g/mol. The SMILES string of the molecule is O=C(c1c[nH]c(=S)c(Cl)c1)N1CCNCC1. The number of hydrogen-bond donors (Lipinski definition) is 2. The molecule has 2 rings (SSSR count). The molecule has 86 valence electrons. The minimum absolute atomic E-state index is 0.00495. The van der Waals surface area contributed by atoms with Crippen LogP contribution in [0.25, 0.3) is 0 Å². The zero-order chi connectivity index (χ0) is 11.5. The first kappa shape index (κ1) is 11.6. The zero-order valence-electron chi connectivity index (χ0n) is 8.62. The highest BCUT2D eigenvalue weighted by Crippen LogP contribution is 2.13. The fraction of sp³-hybridized carbons (Fsp3) is 0.400. The molecule has 0 atom stereocenters. The molecule has 1 aromatic heterocycles. The minimum atomic E-state index is -0.00495. The molecule has 1 aliphatic heterocycles. The summed E-state index contributed by atoms with van der Waals surface area (Å²) in [6, 6.07) is 1.62. The molecular weight excluding hydrogens is 246 g/mol. The molecule has 0 saturated carbocycles. The number of amides is 1. The topological polar surface area (TPSA) is 48.1 Å². The number of nitrogens with zero attached hydrogens (tertiary/aromatic N) is 1. The van der Waals surface area contributed by atoms with Gasteiger partial charge in [-0.25, -0.2) is 0 Å². The maximum Gasteiger partial charge on any atom is 0.255 e. The number of aromatic nitrogens is 1. The monoisotopic (exact) mass is 257 g/mol. The van der Waals surface area contributed by atoms with E-state index in [2.05, 4.69) is 10.3 Å². The second-order valence-corrected chi connectivity index (χ2v) is 4.42. The lowest BCUT2D eigenvalue weighted by Crippen LogP contribution is -2.46. The van der Waals surface area contributed by atoms with Crippen LogP contribution < -0.4 is 5.32 Å². The Morgan fingerprint density at radius 2 is 2.12 bits per heavy atom. The highest BCUT2D eigenvalue weighted by Gasteiger charge is 2.18. The molecule has 1 aromatic rings. The fourth-order valence-corrected chi connectivity index (χ4v) is 1.92. The first-order chi connectivity index (χ1) is 7.68. The lowest BCUT2D eigenvalue weighted by molar-refractivity contribution is 0.0735. The molecule has 0 spiro atoms. The van der Waals surface area contributed by atoms with Crippen molar-refractivity contribution in [1.82, 2.24) is 15.2 Å². The predicted molar refractivity (Wildman–Crippen MR) is 65.4 cm³/mol. The molecule has 6 heteroatoms. The molecule has 1 saturated heterocycles. The Morgan fingerprint density at radius 3 is 2.75 bits per heavy atom. The van der Waals surface area contributed by atoms with E-state index in [1.807, 2.05) is 0 Å². The van der Waals surface area contributed by atoms with E-state index >= 15 is 0 Å². The highest BCUT2D eigenvalue weighted by atomic mass is 35.5. The van der Waals surface area contributed by atoms with Crippen LogP contribution in [0.1, 0.15) is 10.4 Å². The largest absolute Gasteiger partial charge is 0.351 e. The molecule has 2 N–H and O–H groups in total. The maximum atomic E-state index is 12.0. The van der Waals surface area contributed by atoms with E-state index in [0.29, 0.717) is 15.2 Å². The van der Waals surface area contributed by atoms with E-state index in [1.54, 1.807) is 17.2 Å². The van der Waals surface area contributed by atoms with Crippen molar-refractivity contribution >= 4 is 29.7 Å². The van der Waals surface area contributed by atoms with Gasteiger partial charge in [0.05, 0.1) is 10.6 Å². The molecule has 0 aliphatic carbocycles. The third kappa shape index (κ3) is 2.42. The van der Waals surface area contributed by atoms with Crippen LogP contribution in [0.2, 0.25) is 5.02 Å². The summed E-state index contributed by atoms with van der Waals surface area (Å²) in [5, 5.41) is 3.61. The van der Waals surface area contributed by atoms with Crippen LogP contribution in [0.4, 0.5) is 0 Å². The summed E-state index contributed by atoms with van der Waals surface area (Å²) in [5.41, 5.74) is 0.556. The van der Waals surface area contributed by atoms with Gasteiger partial charge in [-0.05, 0) is 6.07 Å². The van der Waals surface area contributed by atoms with Gasteiger partial charge in [-0.3, -0.25) is 4.79 Å². The van der Waals surface area contributed by atoms with Gasteiger partial charge in [0.1, 0.15) is 4.64 Å². The van der Waals surface area contributed by atoms with Crippen LogP contribution in [0.5, 0.6) is 0 Å². The number of carbonyl (C=O) groups excluding carboxylic acids is 1. The Bertz CT molecular complexity index is 454. The van der Waals surface area contributed by atoms with Gasteiger partial charge in [0.2, 0.25) is 0 Å². The Morgan fingerprint density at radius 1 is 1.44 bits per heavy atom. The molecule has 4 nitrogen and oxygen atoms in total. The van der Waals surface area contributed by atoms with E-state index in [9.17, 15) is 4.79 Å². The van der Waals surface area contributed by atoms with Crippen molar-refractivity contribution in [3.05, 3.63) is 27.5 Å². The van der Waals surface area contributed by atoms with Gasteiger partial charge in [0.15, 0.2) is 0 Å². The van der Waals surface area contributed by atoms with Gasteiger partial charge in [-0.2, -0.15) is 0 Å². The van der Waals surface area contributed by atoms with E-state index in [1.165, 1.54) is 0 Å². The van der Waals surface area contributed by atoms with Crippen LogP contribution in [0, 0.1) is 4.64 Å². The van der Waals surface area contributed by atoms with Crippen molar-refractivity contribution in [2.24, 2.45) is 0 Å². The first-order valence-corrected chi connectivity index (χ1v) is 5.85. The summed E-state index contributed by atoms with van der Waals surface area (Å²) in [5.74, 6) is -0.00495. The average Bonchev–Trinajstić information content (AvgIpc) is 2.33. The van der Waals surface area contributed by atoms with E-state index in [0.717, 1.165) is 26.2 Å². The molecular formula is C10H12ClN3OS. The minimum Gasteiger partial charge on any atom is -0.351 e. The maximum absolute atomic E-state index is 12.0. The van der Waals surface area contributed by atoms with Crippen molar-refractivity contribution in [3.63, 3.8) is 0 Å². The lowest BCUT2D eigenvalue weighted by Gasteiger charge is -2.27. The van der Waals surface area contributed by atoms with Crippen LogP contribution >= 0.6 is 23.8 Å². The number of carbonyl (C=O) groups is 1. The summed E-state index contributed by atoms with van der Waals surface area (Å²) in [6.45, 7) is 3.13. The Kier molecular flexibility index (Phi) is 3.58. The Hall–Kier alpha value is -0.910. The van der Waals surface area contributed by atoms with Gasteiger partial charge in [0, 0.05) is 32.4 Å². The number of pyridine rings is 1. The smallest absolute Gasteiger partial charge is 0.255 e. The standard InChI is InChI=1S/C10H12ClN3OS/c11-8-5-7(6-13-9(8)16)10(15)14-3-1-12-2-4-14/h5-6,12H,1-4H2,(H,13,16). The van der Waals surface area contributed by atoms with Crippen LogP contribution in [0.3, 0.4) is 0 Å². The van der Waals surface area contributed by atoms with Crippen molar-refractivity contribution in [2.75, 3.05) is 26.2 Å². The Balaban J connectivity index is 2.19. The molecule has 2 heterocycles. The molecule has 1 aliphatic rings. The van der Waals surface area contributed by atoms with E-state index < -0.39 is 0 Å². The van der Waals surface area contributed by atoms with Crippen LogP contribution in [-0.2, 0) is 0 Å². The number of halogens is 1. The number of nitrogens with one attached hydrogen (secondary N) is 2. The summed E-state index contributed by atoms with van der Waals surface area (Å²) in [6.07, 6.45) is 1.61. The molecule has 0 unspecified atom stereocenters. The number of H-pyrrole nitrogens is 1. The molecule has 0 radical (unpaired) electrons. The summed E-state index contributed by atoms with van der Waals surface area (Å²) >= 11 is 10.8. The van der Waals surface area contributed by atoms with E-state index in [4.69, 9.17) is 23.8 Å². The lowest BCUT2D eigenvalue weighted by atomic mass is 10.2. The number of hydrogen-bond acceptors (Lipinski definition) is 3. The summed E-state index contributed by atoms with van der Waals surface area (Å²) in [7, 11) is 0. The third-order valence-electron chi connectivity index (χ3n) is 2.51. The molecule has 16 heavy (non-hydrogen) atoms. The normalized spacial score (nSPS) is 16.2.